The number of nitrogens with two attached hydrogens (primary N) is 2. The van der Waals surface area contributed by atoms with Crippen LogP contribution >= 0.6 is 11.6 Å². The standard InChI is InChI=1S/C22H21ClN6/c23-17-5-3-4-16(12-17)13-19-21(29-11-2-1-6-20(29)28-19)26-14-15-7-9-18(10-8-15)27-22(24)25/h1-12,26H,13-14H2,(H4,24,25,27). The minimum atomic E-state index is 0.0484. The SMILES string of the molecule is NC(N)=Nc1ccc(CNc2c(Cc3cccc(Cl)c3)nc3ccccn23)cc1. The molecule has 0 amide bonds. The van der Waals surface area contributed by atoms with Crippen LogP contribution in [0.5, 0.6) is 0 Å². The molecular weight excluding hydrogens is 384 g/mol. The predicted molar refractivity (Wildman–Crippen MR) is 119 cm³/mol. The van der Waals surface area contributed by atoms with Gasteiger partial charge in [-0.05, 0) is 47.5 Å². The van der Waals surface area contributed by atoms with Crippen molar-refractivity contribution >= 4 is 34.7 Å². The maximum Gasteiger partial charge on any atom is 0.191 e. The molecule has 2 aromatic carbocycles. The van der Waals surface area contributed by atoms with Crippen LogP contribution in [0.2, 0.25) is 5.02 Å². The largest absolute Gasteiger partial charge is 0.370 e. The van der Waals surface area contributed by atoms with Crippen molar-refractivity contribution in [1.82, 2.24) is 9.38 Å². The van der Waals surface area contributed by atoms with E-state index in [1.807, 2.05) is 66.9 Å². The van der Waals surface area contributed by atoms with E-state index in [-0.39, 0.29) is 5.96 Å². The normalized spacial score (nSPS) is 10.8. The molecule has 29 heavy (non-hydrogen) atoms. The first-order chi connectivity index (χ1) is 14.1. The second-order valence-electron chi connectivity index (χ2n) is 6.70. The average Bonchev–Trinajstić information content (AvgIpc) is 3.04. The molecule has 2 aromatic heterocycles. The molecule has 4 rings (SSSR count). The lowest BCUT2D eigenvalue weighted by molar-refractivity contribution is 1.05. The Morgan fingerprint density at radius 2 is 1.83 bits per heavy atom. The molecule has 0 aliphatic carbocycles. The molecule has 0 aliphatic rings. The lowest BCUT2D eigenvalue weighted by Crippen LogP contribution is -2.21. The Bertz CT molecular complexity index is 1160. The van der Waals surface area contributed by atoms with Gasteiger partial charge in [0.25, 0.3) is 0 Å². The number of nitrogens with zero attached hydrogens (tertiary/aromatic N) is 3. The number of imidazole rings is 1. The quantitative estimate of drug-likeness (QED) is 0.333. The van der Waals surface area contributed by atoms with Crippen molar-refractivity contribution in [2.24, 2.45) is 16.5 Å². The van der Waals surface area contributed by atoms with Crippen LogP contribution < -0.4 is 16.8 Å². The van der Waals surface area contributed by atoms with E-state index in [1.54, 1.807) is 0 Å². The van der Waals surface area contributed by atoms with Gasteiger partial charge in [0, 0.05) is 24.2 Å². The smallest absolute Gasteiger partial charge is 0.191 e. The van der Waals surface area contributed by atoms with Crippen LogP contribution in [0.3, 0.4) is 0 Å². The van der Waals surface area contributed by atoms with Crippen LogP contribution in [0.25, 0.3) is 5.65 Å². The minimum absolute atomic E-state index is 0.0484. The molecule has 7 heteroatoms. The average molecular weight is 405 g/mol. The van der Waals surface area contributed by atoms with Crippen LogP contribution in [0.1, 0.15) is 16.8 Å². The summed E-state index contributed by atoms with van der Waals surface area (Å²) in [6, 6.07) is 21.6. The first kappa shape index (κ1) is 18.8. The molecule has 0 unspecified atom stereocenters. The number of aromatic nitrogens is 2. The van der Waals surface area contributed by atoms with Crippen LogP contribution in [-0.4, -0.2) is 15.3 Å². The van der Waals surface area contributed by atoms with Crippen molar-refractivity contribution in [3.05, 3.63) is 94.8 Å². The van der Waals surface area contributed by atoms with E-state index in [0.29, 0.717) is 13.0 Å². The van der Waals surface area contributed by atoms with Gasteiger partial charge in [-0.1, -0.05) is 41.9 Å². The van der Waals surface area contributed by atoms with E-state index in [1.165, 1.54) is 0 Å². The fraction of sp³-hybridized carbons (Fsp3) is 0.0909. The number of fused-ring (bicyclic) bond motifs is 1. The Kier molecular flexibility index (Phi) is 5.35. The highest BCUT2D eigenvalue weighted by Gasteiger charge is 2.12. The highest BCUT2D eigenvalue weighted by molar-refractivity contribution is 6.30. The Balaban J connectivity index is 1.59. The van der Waals surface area contributed by atoms with Gasteiger partial charge >= 0.3 is 0 Å². The van der Waals surface area contributed by atoms with E-state index >= 15 is 0 Å². The van der Waals surface area contributed by atoms with Crippen molar-refractivity contribution < 1.29 is 0 Å². The summed E-state index contributed by atoms with van der Waals surface area (Å²) in [6.45, 7) is 0.646. The van der Waals surface area contributed by atoms with Crippen LogP contribution in [-0.2, 0) is 13.0 Å². The van der Waals surface area contributed by atoms with Gasteiger partial charge in [-0.15, -0.1) is 0 Å². The number of halogens is 1. The maximum atomic E-state index is 6.15. The maximum absolute atomic E-state index is 6.15. The molecule has 6 nitrogen and oxygen atoms in total. The number of benzene rings is 2. The van der Waals surface area contributed by atoms with Gasteiger partial charge < -0.3 is 16.8 Å². The van der Waals surface area contributed by atoms with E-state index in [2.05, 4.69) is 20.8 Å². The van der Waals surface area contributed by atoms with Crippen molar-refractivity contribution in [3.63, 3.8) is 0 Å². The van der Waals surface area contributed by atoms with Gasteiger partial charge in [-0.25, -0.2) is 9.98 Å². The fourth-order valence-electron chi connectivity index (χ4n) is 3.22. The van der Waals surface area contributed by atoms with E-state index in [9.17, 15) is 0 Å². The topological polar surface area (TPSA) is 93.7 Å². The van der Waals surface area contributed by atoms with Crippen molar-refractivity contribution in [2.45, 2.75) is 13.0 Å². The molecule has 0 saturated heterocycles. The van der Waals surface area contributed by atoms with Crippen LogP contribution in [0.4, 0.5) is 11.5 Å². The number of guanidine groups is 1. The first-order valence-corrected chi connectivity index (χ1v) is 9.59. The number of aliphatic imine (C=N–C) groups is 1. The van der Waals surface area contributed by atoms with Gasteiger partial charge in [0.1, 0.15) is 11.5 Å². The Labute approximate surface area is 173 Å². The fourth-order valence-corrected chi connectivity index (χ4v) is 3.43. The number of pyridine rings is 1. The summed E-state index contributed by atoms with van der Waals surface area (Å²) in [5.74, 6) is 1.01. The monoisotopic (exact) mass is 404 g/mol. The molecule has 4 aromatic rings. The Morgan fingerprint density at radius 3 is 2.59 bits per heavy atom. The number of rotatable bonds is 6. The lowest BCUT2D eigenvalue weighted by atomic mass is 10.1. The molecule has 0 aliphatic heterocycles. The lowest BCUT2D eigenvalue weighted by Gasteiger charge is -2.09. The zero-order chi connectivity index (χ0) is 20.2. The molecule has 5 N–H and O–H groups in total. The predicted octanol–water partition coefficient (Wildman–Crippen LogP) is 4.10. The number of nitrogens with one attached hydrogen (secondary N) is 1. The molecule has 0 saturated carbocycles. The number of hydrogen-bond donors (Lipinski definition) is 3. The summed E-state index contributed by atoms with van der Waals surface area (Å²) in [5, 5.41) is 4.25. The summed E-state index contributed by atoms with van der Waals surface area (Å²) < 4.78 is 2.06. The third kappa shape index (κ3) is 4.50. The van der Waals surface area contributed by atoms with E-state index in [0.717, 1.165) is 39.0 Å². The van der Waals surface area contributed by atoms with Crippen molar-refractivity contribution in [1.29, 1.82) is 0 Å². The van der Waals surface area contributed by atoms with Crippen molar-refractivity contribution in [2.75, 3.05) is 5.32 Å². The van der Waals surface area contributed by atoms with Gasteiger partial charge in [0.15, 0.2) is 5.96 Å². The number of anilines is 1. The summed E-state index contributed by atoms with van der Waals surface area (Å²) >= 11 is 6.15. The molecule has 146 valence electrons. The zero-order valence-corrected chi connectivity index (χ0v) is 16.5. The first-order valence-electron chi connectivity index (χ1n) is 9.21. The summed E-state index contributed by atoms with van der Waals surface area (Å²) in [6.07, 6.45) is 2.70. The zero-order valence-electron chi connectivity index (χ0n) is 15.7. The van der Waals surface area contributed by atoms with Gasteiger partial charge in [-0.2, -0.15) is 0 Å². The second-order valence-corrected chi connectivity index (χ2v) is 7.14. The third-order valence-corrected chi connectivity index (χ3v) is 4.75. The summed E-state index contributed by atoms with van der Waals surface area (Å²) in [5.41, 5.74) is 15.7. The molecule has 2 heterocycles. The molecule has 0 atom stereocenters. The second kappa shape index (κ2) is 8.24. The highest BCUT2D eigenvalue weighted by atomic mass is 35.5. The molecular formula is C22H21ClN6. The Hall–Kier alpha value is -3.51. The third-order valence-electron chi connectivity index (χ3n) is 4.52. The molecule has 0 fully saturated rings. The Morgan fingerprint density at radius 1 is 1.00 bits per heavy atom. The van der Waals surface area contributed by atoms with Crippen LogP contribution in [0.15, 0.2) is 77.9 Å². The van der Waals surface area contributed by atoms with Gasteiger partial charge in [0.2, 0.25) is 0 Å². The van der Waals surface area contributed by atoms with E-state index < -0.39 is 0 Å². The minimum Gasteiger partial charge on any atom is -0.370 e. The number of hydrogen-bond acceptors (Lipinski definition) is 3. The molecule has 0 bridgehead atoms. The van der Waals surface area contributed by atoms with E-state index in [4.69, 9.17) is 28.1 Å². The van der Waals surface area contributed by atoms with Crippen LogP contribution in [0, 0.1) is 0 Å². The highest BCUT2D eigenvalue weighted by Crippen LogP contribution is 2.23. The van der Waals surface area contributed by atoms with Gasteiger partial charge in [0.05, 0.1) is 11.4 Å². The summed E-state index contributed by atoms with van der Waals surface area (Å²) in [4.78, 5) is 8.85. The molecule has 0 spiro atoms. The molecule has 0 radical (unpaired) electrons. The van der Waals surface area contributed by atoms with Crippen molar-refractivity contribution in [3.8, 4) is 0 Å². The summed E-state index contributed by atoms with van der Waals surface area (Å²) in [7, 11) is 0. The van der Waals surface area contributed by atoms with Gasteiger partial charge in [-0.3, -0.25) is 4.40 Å².